The van der Waals surface area contributed by atoms with Crippen molar-refractivity contribution >= 4 is 39.0 Å². The van der Waals surface area contributed by atoms with Crippen LogP contribution in [0.4, 0.5) is 17.1 Å². The zero-order chi connectivity index (χ0) is 37.8. The first-order valence-electron chi connectivity index (χ1n) is 19.6. The van der Waals surface area contributed by atoms with Gasteiger partial charge in [-0.2, -0.15) is 0 Å². The molecular formula is C55H37NO. The van der Waals surface area contributed by atoms with E-state index in [-0.39, 0.29) is 0 Å². The third-order valence-electron chi connectivity index (χ3n) is 11.8. The van der Waals surface area contributed by atoms with Crippen LogP contribution in [0.5, 0.6) is 0 Å². The predicted molar refractivity (Wildman–Crippen MR) is 237 cm³/mol. The largest absolute Gasteiger partial charge is 0.454 e. The van der Waals surface area contributed by atoms with Gasteiger partial charge in [-0.1, -0.05) is 194 Å². The molecule has 1 aliphatic carbocycles. The number of benzene rings is 9. The first-order valence-corrected chi connectivity index (χ1v) is 19.6. The molecule has 0 fully saturated rings. The van der Waals surface area contributed by atoms with Crippen molar-refractivity contribution in [3.05, 3.63) is 247 Å². The summed E-state index contributed by atoms with van der Waals surface area (Å²) >= 11 is 0. The Morgan fingerprint density at radius 2 is 0.930 bits per heavy atom. The van der Waals surface area contributed by atoms with E-state index in [4.69, 9.17) is 4.42 Å². The topological polar surface area (TPSA) is 16.4 Å². The summed E-state index contributed by atoms with van der Waals surface area (Å²) in [6.07, 6.45) is 0. The van der Waals surface area contributed by atoms with Gasteiger partial charge in [0, 0.05) is 22.0 Å². The van der Waals surface area contributed by atoms with E-state index in [1.807, 2.05) is 6.07 Å². The Morgan fingerprint density at radius 3 is 1.67 bits per heavy atom. The Balaban J connectivity index is 1.25. The quantitative estimate of drug-likeness (QED) is 0.163. The average Bonchev–Trinajstić information content (AvgIpc) is 3.82. The van der Waals surface area contributed by atoms with Crippen LogP contribution in [0.2, 0.25) is 0 Å². The van der Waals surface area contributed by atoms with E-state index in [0.29, 0.717) is 0 Å². The minimum Gasteiger partial charge on any atom is -0.454 e. The van der Waals surface area contributed by atoms with E-state index in [1.165, 1.54) is 33.4 Å². The van der Waals surface area contributed by atoms with Gasteiger partial charge in [0.05, 0.1) is 16.8 Å². The van der Waals surface area contributed by atoms with Gasteiger partial charge in [0.2, 0.25) is 0 Å². The summed E-state index contributed by atoms with van der Waals surface area (Å²) in [5.74, 6) is 0. The molecular weight excluding hydrogens is 691 g/mol. The molecule has 57 heavy (non-hydrogen) atoms. The zero-order valence-corrected chi connectivity index (χ0v) is 31.2. The van der Waals surface area contributed by atoms with E-state index in [9.17, 15) is 0 Å². The van der Waals surface area contributed by atoms with E-state index in [0.717, 1.165) is 61.3 Å². The number of anilines is 3. The van der Waals surface area contributed by atoms with Gasteiger partial charge in [-0.15, -0.1) is 0 Å². The molecule has 1 heterocycles. The molecule has 10 aromatic rings. The summed E-state index contributed by atoms with van der Waals surface area (Å²) in [5.41, 5.74) is 16.4. The normalized spacial score (nSPS) is 12.7. The number of fused-ring (bicyclic) bond motifs is 6. The van der Waals surface area contributed by atoms with Gasteiger partial charge in [-0.3, -0.25) is 0 Å². The van der Waals surface area contributed by atoms with Crippen LogP contribution in [0.25, 0.3) is 55.3 Å². The molecule has 0 atom stereocenters. The summed E-state index contributed by atoms with van der Waals surface area (Å²) < 4.78 is 6.85. The summed E-state index contributed by atoms with van der Waals surface area (Å²) in [4.78, 5) is 2.43. The first-order chi connectivity index (χ1) is 28.3. The van der Waals surface area contributed by atoms with Crippen molar-refractivity contribution in [2.45, 2.75) is 5.41 Å². The lowest BCUT2D eigenvalue weighted by Crippen LogP contribution is -2.28. The van der Waals surface area contributed by atoms with Crippen molar-refractivity contribution in [1.82, 2.24) is 0 Å². The van der Waals surface area contributed by atoms with Crippen molar-refractivity contribution in [1.29, 1.82) is 0 Å². The highest BCUT2D eigenvalue weighted by atomic mass is 16.3. The highest BCUT2D eigenvalue weighted by Crippen LogP contribution is 2.58. The Kier molecular flexibility index (Phi) is 7.75. The van der Waals surface area contributed by atoms with Gasteiger partial charge in [0.15, 0.2) is 5.58 Å². The van der Waals surface area contributed by atoms with Crippen LogP contribution < -0.4 is 4.90 Å². The van der Waals surface area contributed by atoms with Crippen molar-refractivity contribution in [2.75, 3.05) is 4.90 Å². The van der Waals surface area contributed by atoms with Gasteiger partial charge in [0.25, 0.3) is 0 Å². The molecule has 2 heteroatoms. The highest BCUT2D eigenvalue weighted by Gasteiger charge is 2.46. The molecule has 1 aromatic heterocycles. The number of furan rings is 1. The van der Waals surface area contributed by atoms with Crippen molar-refractivity contribution in [3.63, 3.8) is 0 Å². The molecule has 1 aliphatic rings. The Bertz CT molecular complexity index is 3020. The van der Waals surface area contributed by atoms with Crippen LogP contribution in [0.1, 0.15) is 22.3 Å². The fourth-order valence-corrected chi connectivity index (χ4v) is 9.28. The van der Waals surface area contributed by atoms with Crippen LogP contribution >= 0.6 is 0 Å². The molecule has 0 bridgehead atoms. The lowest BCUT2D eigenvalue weighted by molar-refractivity contribution is 0.669. The molecule has 0 aliphatic heterocycles. The number of hydrogen-bond acceptors (Lipinski definition) is 2. The standard InChI is InChI=1S/C55H37NO/c1-5-18-38(19-6-1)40-32-34-44(39-20-7-2-8-21-39)52(36-40)56(51-30-17-28-48-47-27-14-16-31-53(47)57-54(48)51)43-33-35-46-45-26-13-15-29-49(45)55(50(46)37-43,41-22-9-3-10-23-41)42-24-11-4-12-25-42/h1-37H. The average molecular weight is 728 g/mol. The van der Waals surface area contributed by atoms with Crippen molar-refractivity contribution in [2.24, 2.45) is 0 Å². The summed E-state index contributed by atoms with van der Waals surface area (Å²) in [5, 5.41) is 2.19. The molecule has 268 valence electrons. The number of para-hydroxylation sites is 2. The van der Waals surface area contributed by atoms with Crippen LogP contribution in [0.15, 0.2) is 229 Å². The minimum absolute atomic E-state index is 0.546. The van der Waals surface area contributed by atoms with Gasteiger partial charge in [-0.05, 0) is 80.4 Å². The fraction of sp³-hybridized carbons (Fsp3) is 0.0182. The number of rotatable bonds is 7. The monoisotopic (exact) mass is 727 g/mol. The Morgan fingerprint density at radius 1 is 0.351 bits per heavy atom. The Labute approximate surface area is 332 Å². The molecule has 11 rings (SSSR count). The second-order valence-corrected chi connectivity index (χ2v) is 14.8. The third-order valence-corrected chi connectivity index (χ3v) is 11.8. The maximum atomic E-state index is 6.85. The van der Waals surface area contributed by atoms with E-state index in [1.54, 1.807) is 0 Å². The minimum atomic E-state index is -0.546. The van der Waals surface area contributed by atoms with Crippen LogP contribution in [-0.2, 0) is 5.41 Å². The molecule has 0 saturated heterocycles. The lowest BCUT2D eigenvalue weighted by Gasteiger charge is -2.35. The SMILES string of the molecule is c1ccc(-c2ccc(-c3ccccc3)c(N(c3ccc4c(c3)C(c3ccccc3)(c3ccccc3)c3ccccc3-4)c3cccc4c3oc3ccccc34)c2)cc1. The van der Waals surface area contributed by atoms with Gasteiger partial charge < -0.3 is 9.32 Å². The lowest BCUT2D eigenvalue weighted by atomic mass is 9.67. The van der Waals surface area contributed by atoms with Crippen molar-refractivity contribution < 1.29 is 4.42 Å². The zero-order valence-electron chi connectivity index (χ0n) is 31.2. The van der Waals surface area contributed by atoms with E-state index >= 15 is 0 Å². The molecule has 0 radical (unpaired) electrons. The maximum absolute atomic E-state index is 6.85. The highest BCUT2D eigenvalue weighted by molar-refractivity contribution is 6.11. The molecule has 0 saturated carbocycles. The molecule has 9 aromatic carbocycles. The van der Waals surface area contributed by atoms with Crippen molar-refractivity contribution in [3.8, 4) is 33.4 Å². The smallest absolute Gasteiger partial charge is 0.159 e. The summed E-state index contributed by atoms with van der Waals surface area (Å²) in [7, 11) is 0. The summed E-state index contributed by atoms with van der Waals surface area (Å²) in [6, 6.07) is 81.2. The van der Waals surface area contributed by atoms with Gasteiger partial charge >= 0.3 is 0 Å². The van der Waals surface area contributed by atoms with Gasteiger partial charge in [-0.25, -0.2) is 0 Å². The number of nitrogens with zero attached hydrogens (tertiary/aromatic N) is 1. The summed E-state index contributed by atoms with van der Waals surface area (Å²) in [6.45, 7) is 0. The second kappa shape index (κ2) is 13.4. The fourth-order valence-electron chi connectivity index (χ4n) is 9.28. The van der Waals surface area contributed by atoms with Crippen LogP contribution in [0.3, 0.4) is 0 Å². The molecule has 2 nitrogen and oxygen atoms in total. The second-order valence-electron chi connectivity index (χ2n) is 14.8. The first kappa shape index (κ1) is 33.0. The van der Waals surface area contributed by atoms with Crippen LogP contribution in [0, 0.1) is 0 Å². The predicted octanol–water partition coefficient (Wildman–Crippen LogP) is 14.8. The maximum Gasteiger partial charge on any atom is 0.159 e. The van der Waals surface area contributed by atoms with Gasteiger partial charge in [0.1, 0.15) is 5.58 Å². The van der Waals surface area contributed by atoms with E-state index in [2.05, 4.69) is 223 Å². The molecule has 0 amide bonds. The van der Waals surface area contributed by atoms with Crippen LogP contribution in [-0.4, -0.2) is 0 Å². The third kappa shape index (κ3) is 5.18. The molecule has 0 spiro atoms. The Hall–Kier alpha value is -7.42. The van der Waals surface area contributed by atoms with E-state index < -0.39 is 5.41 Å². The molecule has 0 unspecified atom stereocenters. The molecule has 0 N–H and O–H groups in total. The number of hydrogen-bond donors (Lipinski definition) is 0.